The molecule has 1 aliphatic rings. The first-order valence-corrected chi connectivity index (χ1v) is 8.31. The summed E-state index contributed by atoms with van der Waals surface area (Å²) in [6.45, 7) is 8.99. The highest BCUT2D eigenvalue weighted by Gasteiger charge is 2.23. The zero-order chi connectivity index (χ0) is 15.5. The number of benzene rings is 2. The number of aromatic hydroxyl groups is 1. The zero-order valence-electron chi connectivity index (χ0n) is 13.5. The normalized spacial score (nSPS) is 18.0. The Morgan fingerprint density at radius 2 is 1.73 bits per heavy atom. The summed E-state index contributed by atoms with van der Waals surface area (Å²) in [4.78, 5) is 2.61. The number of nitrogens with zero attached hydrogens (tertiary/aromatic N) is 1. The number of fused-ring (bicyclic) bond motifs is 1. The second-order valence-electron chi connectivity index (χ2n) is 6.72. The summed E-state index contributed by atoms with van der Waals surface area (Å²) in [5.41, 5.74) is 1.40. The van der Waals surface area contributed by atoms with E-state index in [0.29, 0.717) is 17.7 Å². The molecule has 3 nitrogen and oxygen atoms in total. The lowest BCUT2D eigenvalue weighted by Gasteiger charge is -2.36. The van der Waals surface area contributed by atoms with Crippen molar-refractivity contribution in [1.82, 2.24) is 10.2 Å². The molecule has 22 heavy (non-hydrogen) atoms. The predicted molar refractivity (Wildman–Crippen MR) is 92.3 cm³/mol. The Balaban J connectivity index is 1.93. The fourth-order valence-electron chi connectivity index (χ4n) is 3.40. The SMILES string of the molecule is CC(C)C[C@@H](c1ccc2cc(O)ccc2c1)N1CCNCC1. The van der Waals surface area contributed by atoms with Gasteiger partial charge in [0, 0.05) is 32.2 Å². The lowest BCUT2D eigenvalue weighted by molar-refractivity contribution is 0.154. The average molecular weight is 298 g/mol. The Labute approximate surface area is 132 Å². The van der Waals surface area contributed by atoms with Crippen LogP contribution in [0.3, 0.4) is 0 Å². The van der Waals surface area contributed by atoms with E-state index in [1.807, 2.05) is 12.1 Å². The van der Waals surface area contributed by atoms with Gasteiger partial charge in [0.25, 0.3) is 0 Å². The highest BCUT2D eigenvalue weighted by atomic mass is 16.3. The molecule has 0 radical (unpaired) electrons. The summed E-state index contributed by atoms with van der Waals surface area (Å²) < 4.78 is 0. The van der Waals surface area contributed by atoms with Crippen LogP contribution in [0.1, 0.15) is 31.9 Å². The standard InChI is InChI=1S/C19H26N2O/c1-14(2)11-19(21-9-7-20-8-10-21)17-4-3-16-13-18(22)6-5-15(16)12-17/h3-6,12-14,19-20,22H,7-11H2,1-2H3/t19-/m0/s1. The molecular weight excluding hydrogens is 272 g/mol. The Kier molecular flexibility index (Phi) is 4.65. The molecule has 0 spiro atoms. The molecule has 0 amide bonds. The predicted octanol–water partition coefficient (Wildman–Crippen LogP) is 3.54. The molecular formula is C19H26N2O. The van der Waals surface area contributed by atoms with E-state index < -0.39 is 0 Å². The molecule has 0 saturated carbocycles. The maximum absolute atomic E-state index is 9.62. The molecule has 118 valence electrons. The number of hydrogen-bond donors (Lipinski definition) is 2. The first-order chi connectivity index (χ1) is 10.6. The molecule has 3 rings (SSSR count). The fourth-order valence-corrected chi connectivity index (χ4v) is 3.40. The summed E-state index contributed by atoms with van der Waals surface area (Å²) in [6.07, 6.45) is 1.18. The molecule has 0 bridgehead atoms. The summed E-state index contributed by atoms with van der Waals surface area (Å²) in [5, 5.41) is 15.4. The number of hydrogen-bond acceptors (Lipinski definition) is 3. The molecule has 0 aromatic heterocycles. The van der Waals surface area contributed by atoms with E-state index in [2.05, 4.69) is 42.3 Å². The van der Waals surface area contributed by atoms with Gasteiger partial charge in [0.2, 0.25) is 0 Å². The van der Waals surface area contributed by atoms with Gasteiger partial charge in [0.15, 0.2) is 0 Å². The van der Waals surface area contributed by atoms with Gasteiger partial charge in [-0.1, -0.05) is 32.0 Å². The van der Waals surface area contributed by atoms with Crippen molar-refractivity contribution in [3.8, 4) is 5.75 Å². The highest BCUT2D eigenvalue weighted by Crippen LogP contribution is 2.31. The molecule has 1 atom stereocenters. The molecule has 1 heterocycles. The van der Waals surface area contributed by atoms with E-state index in [1.165, 1.54) is 17.4 Å². The van der Waals surface area contributed by atoms with Crippen LogP contribution < -0.4 is 5.32 Å². The molecule has 1 saturated heterocycles. The van der Waals surface area contributed by atoms with Gasteiger partial charge in [-0.3, -0.25) is 4.90 Å². The minimum atomic E-state index is 0.334. The Bertz CT molecular complexity index is 632. The van der Waals surface area contributed by atoms with Crippen molar-refractivity contribution in [1.29, 1.82) is 0 Å². The number of rotatable bonds is 4. The zero-order valence-corrected chi connectivity index (χ0v) is 13.5. The smallest absolute Gasteiger partial charge is 0.116 e. The first kappa shape index (κ1) is 15.3. The van der Waals surface area contributed by atoms with Crippen LogP contribution in [0.4, 0.5) is 0 Å². The number of phenols is 1. The van der Waals surface area contributed by atoms with Crippen molar-refractivity contribution in [3.05, 3.63) is 42.0 Å². The number of nitrogens with one attached hydrogen (secondary N) is 1. The monoisotopic (exact) mass is 298 g/mol. The van der Waals surface area contributed by atoms with E-state index in [4.69, 9.17) is 0 Å². The van der Waals surface area contributed by atoms with Crippen molar-refractivity contribution in [2.75, 3.05) is 26.2 Å². The molecule has 3 heteroatoms. The Morgan fingerprint density at radius 3 is 2.45 bits per heavy atom. The fraction of sp³-hybridized carbons (Fsp3) is 0.474. The number of piperazine rings is 1. The summed E-state index contributed by atoms with van der Waals surface area (Å²) in [5.74, 6) is 1.01. The molecule has 1 aliphatic heterocycles. The largest absolute Gasteiger partial charge is 0.508 e. The third-order valence-electron chi connectivity index (χ3n) is 4.52. The van der Waals surface area contributed by atoms with Crippen LogP contribution >= 0.6 is 0 Å². The van der Waals surface area contributed by atoms with Crippen molar-refractivity contribution in [3.63, 3.8) is 0 Å². The van der Waals surface area contributed by atoms with E-state index in [1.54, 1.807) is 6.07 Å². The van der Waals surface area contributed by atoms with Crippen LogP contribution in [0.2, 0.25) is 0 Å². The second-order valence-corrected chi connectivity index (χ2v) is 6.72. The maximum Gasteiger partial charge on any atom is 0.116 e. The first-order valence-electron chi connectivity index (χ1n) is 8.31. The highest BCUT2D eigenvalue weighted by molar-refractivity contribution is 5.84. The summed E-state index contributed by atoms with van der Waals surface area (Å²) >= 11 is 0. The van der Waals surface area contributed by atoms with Crippen molar-refractivity contribution >= 4 is 10.8 Å². The molecule has 2 aromatic rings. The van der Waals surface area contributed by atoms with E-state index in [0.717, 1.165) is 31.6 Å². The lowest BCUT2D eigenvalue weighted by Crippen LogP contribution is -2.45. The van der Waals surface area contributed by atoms with Crippen LogP contribution in [0, 0.1) is 5.92 Å². The molecule has 2 N–H and O–H groups in total. The maximum atomic E-state index is 9.62. The van der Waals surface area contributed by atoms with Gasteiger partial charge >= 0.3 is 0 Å². The van der Waals surface area contributed by atoms with Gasteiger partial charge in [0.1, 0.15) is 5.75 Å². The van der Waals surface area contributed by atoms with Gasteiger partial charge in [-0.2, -0.15) is 0 Å². The van der Waals surface area contributed by atoms with Crippen molar-refractivity contribution in [2.24, 2.45) is 5.92 Å². The lowest BCUT2D eigenvalue weighted by atomic mass is 9.93. The third kappa shape index (κ3) is 3.42. The Hall–Kier alpha value is -1.58. The average Bonchev–Trinajstić information content (AvgIpc) is 2.53. The van der Waals surface area contributed by atoms with Gasteiger partial charge in [-0.15, -0.1) is 0 Å². The molecule has 0 aliphatic carbocycles. The summed E-state index contributed by atoms with van der Waals surface area (Å²) in [6, 6.07) is 12.8. The molecule has 1 fully saturated rings. The minimum Gasteiger partial charge on any atom is -0.508 e. The van der Waals surface area contributed by atoms with Crippen molar-refractivity contribution < 1.29 is 5.11 Å². The number of phenolic OH excluding ortho intramolecular Hbond substituents is 1. The van der Waals surface area contributed by atoms with E-state index in [-0.39, 0.29) is 0 Å². The van der Waals surface area contributed by atoms with Crippen LogP contribution in [0.25, 0.3) is 10.8 Å². The van der Waals surface area contributed by atoms with Crippen LogP contribution in [-0.4, -0.2) is 36.2 Å². The summed E-state index contributed by atoms with van der Waals surface area (Å²) in [7, 11) is 0. The second kappa shape index (κ2) is 6.67. The van der Waals surface area contributed by atoms with Gasteiger partial charge in [-0.25, -0.2) is 0 Å². The van der Waals surface area contributed by atoms with E-state index in [9.17, 15) is 5.11 Å². The van der Waals surface area contributed by atoms with Crippen molar-refractivity contribution in [2.45, 2.75) is 26.3 Å². The Morgan fingerprint density at radius 1 is 1.05 bits per heavy atom. The van der Waals surface area contributed by atoms with E-state index >= 15 is 0 Å². The van der Waals surface area contributed by atoms with Crippen LogP contribution in [-0.2, 0) is 0 Å². The molecule has 2 aromatic carbocycles. The van der Waals surface area contributed by atoms with Gasteiger partial charge < -0.3 is 10.4 Å². The quantitative estimate of drug-likeness (QED) is 0.906. The minimum absolute atomic E-state index is 0.334. The topological polar surface area (TPSA) is 35.5 Å². The van der Waals surface area contributed by atoms with Gasteiger partial charge in [0.05, 0.1) is 0 Å². The molecule has 0 unspecified atom stereocenters. The third-order valence-corrected chi connectivity index (χ3v) is 4.52. The van der Waals surface area contributed by atoms with Gasteiger partial charge in [-0.05, 0) is 46.9 Å². The van der Waals surface area contributed by atoms with Crippen LogP contribution in [0.15, 0.2) is 36.4 Å². The van der Waals surface area contributed by atoms with Crippen LogP contribution in [0.5, 0.6) is 5.75 Å².